The summed E-state index contributed by atoms with van der Waals surface area (Å²) in [6.45, 7) is 11.7. The molecule has 0 aromatic carbocycles. The highest BCUT2D eigenvalue weighted by molar-refractivity contribution is 5.49. The first-order valence-electron chi connectivity index (χ1n) is 7.92. The molecule has 4 nitrogen and oxygen atoms in total. The minimum atomic E-state index is 0.378. The molecule has 20 heavy (non-hydrogen) atoms. The van der Waals surface area contributed by atoms with Gasteiger partial charge in [-0.2, -0.15) is 0 Å². The Hall–Kier alpha value is -1.16. The van der Waals surface area contributed by atoms with Crippen molar-refractivity contribution in [2.24, 2.45) is 0 Å². The molecule has 1 aliphatic heterocycles. The maximum Gasteiger partial charge on any atom is 0.131 e. The topological polar surface area (TPSA) is 41.1 Å². The zero-order valence-corrected chi connectivity index (χ0v) is 13.3. The predicted octanol–water partition coefficient (Wildman–Crippen LogP) is 3.09. The number of nitrogens with zero attached hydrogens (tertiary/aromatic N) is 3. The molecule has 112 valence electrons. The Bertz CT molecular complexity index is 422. The number of hydrogen-bond donors (Lipinski definition) is 1. The second-order valence-electron chi connectivity index (χ2n) is 6.30. The summed E-state index contributed by atoms with van der Waals surface area (Å²) in [6, 6.07) is 0.474. The summed E-state index contributed by atoms with van der Waals surface area (Å²) in [5.74, 6) is 1.33. The standard InChI is InChI=1S/C16H28N4/c1-12(2)16-18-11-15(20-8-6-5-7-9-20)14(19-16)10-17-13(3)4/h11-13,17H,5-10H2,1-4H3. The fourth-order valence-electron chi connectivity index (χ4n) is 2.53. The van der Waals surface area contributed by atoms with Crippen LogP contribution in [0.25, 0.3) is 0 Å². The minimum Gasteiger partial charge on any atom is -0.369 e. The van der Waals surface area contributed by atoms with Crippen LogP contribution in [-0.4, -0.2) is 29.1 Å². The summed E-state index contributed by atoms with van der Waals surface area (Å²) in [5, 5.41) is 3.49. The third-order valence-electron chi connectivity index (χ3n) is 3.76. The molecule has 1 N–H and O–H groups in total. The average Bonchev–Trinajstić information content (AvgIpc) is 2.45. The maximum absolute atomic E-state index is 4.80. The zero-order valence-electron chi connectivity index (χ0n) is 13.3. The third-order valence-corrected chi connectivity index (χ3v) is 3.76. The summed E-state index contributed by atoms with van der Waals surface area (Å²) in [6.07, 6.45) is 5.94. The molecule has 0 unspecified atom stereocenters. The van der Waals surface area contributed by atoms with Crippen LogP contribution < -0.4 is 10.2 Å². The first-order valence-corrected chi connectivity index (χ1v) is 7.92. The van der Waals surface area contributed by atoms with Gasteiger partial charge in [0.1, 0.15) is 5.82 Å². The molecule has 2 heterocycles. The SMILES string of the molecule is CC(C)NCc1nc(C(C)C)ncc1N1CCCCC1. The van der Waals surface area contributed by atoms with Gasteiger partial charge in [0.2, 0.25) is 0 Å². The second-order valence-corrected chi connectivity index (χ2v) is 6.30. The van der Waals surface area contributed by atoms with Gasteiger partial charge in [-0.25, -0.2) is 9.97 Å². The molecule has 0 saturated carbocycles. The summed E-state index contributed by atoms with van der Waals surface area (Å²) in [5.41, 5.74) is 2.38. The van der Waals surface area contributed by atoms with Crippen molar-refractivity contribution in [3.05, 3.63) is 17.7 Å². The van der Waals surface area contributed by atoms with Crippen LogP contribution in [-0.2, 0) is 6.54 Å². The predicted molar refractivity (Wildman–Crippen MR) is 84.2 cm³/mol. The van der Waals surface area contributed by atoms with Gasteiger partial charge in [-0.15, -0.1) is 0 Å². The minimum absolute atomic E-state index is 0.378. The van der Waals surface area contributed by atoms with E-state index in [4.69, 9.17) is 4.98 Å². The Morgan fingerprint density at radius 1 is 1.15 bits per heavy atom. The Kier molecular flexibility index (Phi) is 5.35. The first kappa shape index (κ1) is 15.2. The van der Waals surface area contributed by atoms with Gasteiger partial charge in [-0.1, -0.05) is 27.7 Å². The molecule has 0 radical (unpaired) electrons. The van der Waals surface area contributed by atoms with Gasteiger partial charge in [-0.05, 0) is 19.3 Å². The van der Waals surface area contributed by atoms with Crippen LogP contribution in [0.1, 0.15) is 64.4 Å². The number of aromatic nitrogens is 2. The summed E-state index contributed by atoms with van der Waals surface area (Å²) >= 11 is 0. The van der Waals surface area contributed by atoms with Gasteiger partial charge in [0.15, 0.2) is 0 Å². The van der Waals surface area contributed by atoms with E-state index in [1.54, 1.807) is 0 Å². The number of anilines is 1. The van der Waals surface area contributed by atoms with E-state index in [0.717, 1.165) is 31.2 Å². The van der Waals surface area contributed by atoms with E-state index >= 15 is 0 Å². The molecule has 0 aliphatic carbocycles. The van der Waals surface area contributed by atoms with Gasteiger partial charge in [-0.3, -0.25) is 0 Å². The van der Waals surface area contributed by atoms with Crippen molar-refractivity contribution in [1.82, 2.24) is 15.3 Å². The van der Waals surface area contributed by atoms with Crippen molar-refractivity contribution in [1.29, 1.82) is 0 Å². The van der Waals surface area contributed by atoms with Crippen LogP contribution in [0.15, 0.2) is 6.20 Å². The van der Waals surface area contributed by atoms with E-state index < -0.39 is 0 Å². The fourth-order valence-corrected chi connectivity index (χ4v) is 2.53. The molecule has 0 atom stereocenters. The van der Waals surface area contributed by atoms with Crippen molar-refractivity contribution in [2.45, 2.75) is 65.5 Å². The summed E-state index contributed by atoms with van der Waals surface area (Å²) in [7, 11) is 0. The highest BCUT2D eigenvalue weighted by atomic mass is 15.2. The molecule has 0 spiro atoms. The molecule has 0 amide bonds. The molecule has 1 aromatic rings. The lowest BCUT2D eigenvalue weighted by atomic mass is 10.1. The first-order chi connectivity index (χ1) is 9.58. The van der Waals surface area contributed by atoms with Crippen molar-refractivity contribution in [3.63, 3.8) is 0 Å². The third kappa shape index (κ3) is 3.92. The Morgan fingerprint density at radius 3 is 2.45 bits per heavy atom. The Labute approximate surface area is 123 Å². The molecule has 1 aromatic heterocycles. The highest BCUT2D eigenvalue weighted by Crippen LogP contribution is 2.24. The number of piperidine rings is 1. The largest absolute Gasteiger partial charge is 0.369 e. The van der Waals surface area contributed by atoms with Crippen LogP contribution in [0.4, 0.5) is 5.69 Å². The van der Waals surface area contributed by atoms with Crippen LogP contribution in [0.3, 0.4) is 0 Å². The quantitative estimate of drug-likeness (QED) is 0.897. The molecular weight excluding hydrogens is 248 g/mol. The van der Waals surface area contributed by atoms with Crippen molar-refractivity contribution < 1.29 is 0 Å². The van der Waals surface area contributed by atoms with Gasteiger partial charge in [0, 0.05) is 31.6 Å². The lowest BCUT2D eigenvalue weighted by molar-refractivity contribution is 0.557. The van der Waals surface area contributed by atoms with Crippen LogP contribution >= 0.6 is 0 Å². The molecule has 0 bridgehead atoms. The molecule has 4 heteroatoms. The van der Waals surface area contributed by atoms with Gasteiger partial charge < -0.3 is 10.2 Å². The van der Waals surface area contributed by atoms with Crippen LogP contribution in [0, 0.1) is 0 Å². The van der Waals surface area contributed by atoms with E-state index in [1.165, 1.54) is 24.9 Å². The second kappa shape index (κ2) is 7.02. The Morgan fingerprint density at radius 2 is 1.85 bits per heavy atom. The normalized spacial score (nSPS) is 16.2. The highest BCUT2D eigenvalue weighted by Gasteiger charge is 2.17. The Balaban J connectivity index is 2.23. The van der Waals surface area contributed by atoms with Crippen molar-refractivity contribution in [2.75, 3.05) is 18.0 Å². The summed E-state index contributed by atoms with van der Waals surface area (Å²) < 4.78 is 0. The lowest BCUT2D eigenvalue weighted by Crippen LogP contribution is -2.32. The monoisotopic (exact) mass is 276 g/mol. The van der Waals surface area contributed by atoms with Crippen LogP contribution in [0.2, 0.25) is 0 Å². The van der Waals surface area contributed by atoms with Gasteiger partial charge in [0.25, 0.3) is 0 Å². The van der Waals surface area contributed by atoms with E-state index in [1.807, 2.05) is 6.20 Å². The number of rotatable bonds is 5. The van der Waals surface area contributed by atoms with E-state index in [2.05, 4.69) is 42.9 Å². The van der Waals surface area contributed by atoms with Crippen LogP contribution in [0.5, 0.6) is 0 Å². The molecule has 1 saturated heterocycles. The van der Waals surface area contributed by atoms with Gasteiger partial charge in [0.05, 0.1) is 17.6 Å². The van der Waals surface area contributed by atoms with E-state index in [0.29, 0.717) is 12.0 Å². The van der Waals surface area contributed by atoms with Crippen molar-refractivity contribution >= 4 is 5.69 Å². The molecule has 1 aliphatic rings. The maximum atomic E-state index is 4.80. The lowest BCUT2D eigenvalue weighted by Gasteiger charge is -2.30. The van der Waals surface area contributed by atoms with E-state index in [-0.39, 0.29) is 0 Å². The van der Waals surface area contributed by atoms with Crippen molar-refractivity contribution in [3.8, 4) is 0 Å². The number of nitrogens with one attached hydrogen (secondary N) is 1. The molecule has 2 rings (SSSR count). The fraction of sp³-hybridized carbons (Fsp3) is 0.750. The van der Waals surface area contributed by atoms with E-state index in [9.17, 15) is 0 Å². The smallest absolute Gasteiger partial charge is 0.131 e. The number of hydrogen-bond acceptors (Lipinski definition) is 4. The average molecular weight is 276 g/mol. The molecule has 1 fully saturated rings. The molecular formula is C16H28N4. The summed E-state index contributed by atoms with van der Waals surface area (Å²) in [4.78, 5) is 11.8. The zero-order chi connectivity index (χ0) is 14.5. The van der Waals surface area contributed by atoms with Gasteiger partial charge >= 0.3 is 0 Å².